The number of tetrazole rings is 1. The topological polar surface area (TPSA) is 77.8 Å². The lowest BCUT2D eigenvalue weighted by atomic mass is 9.99. The van der Waals surface area contributed by atoms with Crippen LogP contribution in [-0.2, 0) is 7.05 Å². The molecule has 1 atom stereocenters. The number of hydrogen-bond acceptors (Lipinski definition) is 6. The highest BCUT2D eigenvalue weighted by Gasteiger charge is 2.26. The number of nitrogens with zero attached hydrogens (tertiary/aromatic N) is 5. The summed E-state index contributed by atoms with van der Waals surface area (Å²) in [4.78, 5) is 5.85. The molecule has 4 aromatic rings. The molecule has 2 aromatic heterocycles. The second-order valence-corrected chi connectivity index (χ2v) is 7.34. The van der Waals surface area contributed by atoms with Gasteiger partial charge in [-0.3, -0.25) is 4.98 Å². The molecular weight excluding hydrogens is 402 g/mol. The van der Waals surface area contributed by atoms with Crippen molar-refractivity contribution in [2.45, 2.75) is 13.0 Å². The fourth-order valence-electron chi connectivity index (χ4n) is 3.70. The van der Waals surface area contributed by atoms with Gasteiger partial charge in [-0.25, -0.2) is 8.78 Å². The maximum atomic E-state index is 14.1. The molecule has 0 saturated carbocycles. The van der Waals surface area contributed by atoms with E-state index in [2.05, 4.69) is 25.7 Å². The van der Waals surface area contributed by atoms with Gasteiger partial charge in [0.25, 0.3) is 0 Å². The Hall–Kier alpha value is -3.88. The van der Waals surface area contributed by atoms with Crippen LogP contribution in [0.2, 0.25) is 0 Å². The van der Waals surface area contributed by atoms with Gasteiger partial charge in [0.15, 0.2) is 0 Å². The molecule has 1 unspecified atom stereocenters. The van der Waals surface area contributed by atoms with Crippen LogP contribution in [0, 0.1) is 18.6 Å². The number of fused-ring (bicyclic) bond motifs is 1. The Balaban J connectivity index is 1.43. The maximum Gasteiger partial charge on any atom is 0.223 e. The van der Waals surface area contributed by atoms with Gasteiger partial charge in [0.2, 0.25) is 5.82 Å². The molecule has 5 rings (SSSR count). The highest BCUT2D eigenvalue weighted by Crippen LogP contribution is 2.38. The largest absolute Gasteiger partial charge is 0.489 e. The first kappa shape index (κ1) is 19.1. The normalized spacial score (nSPS) is 15.2. The van der Waals surface area contributed by atoms with E-state index in [4.69, 9.17) is 4.74 Å². The first-order chi connectivity index (χ1) is 15.0. The van der Waals surface area contributed by atoms with E-state index in [1.54, 1.807) is 13.2 Å². The van der Waals surface area contributed by atoms with Crippen LogP contribution in [0.3, 0.4) is 0 Å². The summed E-state index contributed by atoms with van der Waals surface area (Å²) in [5.41, 5.74) is 4.13. The van der Waals surface area contributed by atoms with E-state index in [0.29, 0.717) is 23.0 Å². The fraction of sp³-hybridized carbons (Fsp3) is 0.182. The molecule has 0 radical (unpaired) electrons. The van der Waals surface area contributed by atoms with Gasteiger partial charge in [-0.2, -0.15) is 4.80 Å². The van der Waals surface area contributed by atoms with Crippen LogP contribution in [0.25, 0.3) is 22.6 Å². The van der Waals surface area contributed by atoms with Crippen LogP contribution in [0.1, 0.15) is 17.2 Å². The van der Waals surface area contributed by atoms with E-state index in [9.17, 15) is 8.78 Å². The Morgan fingerprint density at radius 2 is 1.94 bits per heavy atom. The number of nitrogens with one attached hydrogen (secondary N) is 1. The van der Waals surface area contributed by atoms with Gasteiger partial charge >= 0.3 is 0 Å². The summed E-state index contributed by atoms with van der Waals surface area (Å²) in [6.45, 7) is 2.09. The van der Waals surface area contributed by atoms with E-state index in [1.807, 2.05) is 31.2 Å². The van der Waals surface area contributed by atoms with Gasteiger partial charge in [-0.05, 0) is 53.6 Å². The Labute approximate surface area is 176 Å². The monoisotopic (exact) mass is 420 g/mol. The molecule has 0 fully saturated rings. The summed E-state index contributed by atoms with van der Waals surface area (Å²) in [6, 6.07) is 10.8. The minimum Gasteiger partial charge on any atom is -0.489 e. The van der Waals surface area contributed by atoms with Crippen molar-refractivity contribution in [2.24, 2.45) is 7.05 Å². The second kappa shape index (κ2) is 7.42. The molecule has 1 N–H and O–H groups in total. The first-order valence-electron chi connectivity index (χ1n) is 9.68. The summed E-state index contributed by atoms with van der Waals surface area (Å²) >= 11 is 0. The van der Waals surface area contributed by atoms with Crippen LogP contribution in [-0.4, -0.2) is 31.8 Å². The van der Waals surface area contributed by atoms with Crippen LogP contribution in [0.5, 0.6) is 5.75 Å². The number of aromatic nitrogens is 5. The molecule has 0 bridgehead atoms. The Bertz CT molecular complexity index is 1270. The summed E-state index contributed by atoms with van der Waals surface area (Å²) in [5, 5.41) is 15.2. The zero-order valence-corrected chi connectivity index (χ0v) is 16.8. The SMILES string of the molecule is Cc1cc(-c2nnn(C)n2)ncc1-c1ccc2c(c1)OCC(c1c(F)cccc1F)N2. The van der Waals surface area contributed by atoms with E-state index in [-0.39, 0.29) is 12.2 Å². The van der Waals surface area contributed by atoms with Gasteiger partial charge in [0, 0.05) is 17.3 Å². The molecule has 0 spiro atoms. The molecular formula is C22H18F2N6O. The Kier molecular flexibility index (Phi) is 4.58. The Morgan fingerprint density at radius 3 is 2.65 bits per heavy atom. The van der Waals surface area contributed by atoms with Crippen molar-refractivity contribution in [1.29, 1.82) is 0 Å². The maximum absolute atomic E-state index is 14.1. The highest BCUT2D eigenvalue weighted by molar-refractivity contribution is 5.74. The van der Waals surface area contributed by atoms with Gasteiger partial charge < -0.3 is 10.1 Å². The lowest BCUT2D eigenvalue weighted by Crippen LogP contribution is -2.25. The van der Waals surface area contributed by atoms with E-state index in [1.165, 1.54) is 23.0 Å². The van der Waals surface area contributed by atoms with Crippen LogP contribution in [0.4, 0.5) is 14.5 Å². The molecule has 31 heavy (non-hydrogen) atoms. The standard InChI is InChI=1S/C22H18F2N6O/c1-12-8-18(22-27-29-30(2)28-22)25-10-14(12)13-6-7-17-20(9-13)31-11-19(26-17)21-15(23)4-3-5-16(21)24/h3-10,19,26H,11H2,1-2H3. The van der Waals surface area contributed by atoms with Crippen molar-refractivity contribution in [3.63, 3.8) is 0 Å². The number of hydrogen-bond donors (Lipinski definition) is 1. The van der Waals surface area contributed by atoms with Gasteiger partial charge in [0.05, 0.1) is 18.8 Å². The third-order valence-electron chi connectivity index (χ3n) is 5.22. The molecule has 0 amide bonds. The van der Waals surface area contributed by atoms with Crippen molar-refractivity contribution >= 4 is 5.69 Å². The summed E-state index contributed by atoms with van der Waals surface area (Å²) in [7, 11) is 1.70. The van der Waals surface area contributed by atoms with Crippen LogP contribution in [0.15, 0.2) is 48.7 Å². The van der Waals surface area contributed by atoms with Gasteiger partial charge in [-0.15, -0.1) is 10.2 Å². The average Bonchev–Trinajstić information content (AvgIpc) is 3.19. The molecule has 7 nitrogen and oxygen atoms in total. The van der Waals surface area contributed by atoms with E-state index in [0.717, 1.165) is 16.7 Å². The quantitative estimate of drug-likeness (QED) is 0.538. The minimum absolute atomic E-state index is 0.0227. The number of benzene rings is 2. The summed E-state index contributed by atoms with van der Waals surface area (Å²) < 4.78 is 34.1. The van der Waals surface area contributed by atoms with Gasteiger partial charge in [-0.1, -0.05) is 12.1 Å². The van der Waals surface area contributed by atoms with Crippen LogP contribution >= 0.6 is 0 Å². The molecule has 1 aliphatic rings. The fourth-order valence-corrected chi connectivity index (χ4v) is 3.70. The summed E-state index contributed by atoms with van der Waals surface area (Å²) in [5.74, 6) is -0.118. The van der Waals surface area contributed by atoms with Crippen molar-refractivity contribution in [1.82, 2.24) is 25.2 Å². The predicted octanol–water partition coefficient (Wildman–Crippen LogP) is 4.07. The second-order valence-electron chi connectivity index (χ2n) is 7.34. The molecule has 2 aromatic carbocycles. The van der Waals surface area contributed by atoms with E-state index >= 15 is 0 Å². The molecule has 0 saturated heterocycles. The number of halogens is 2. The first-order valence-corrected chi connectivity index (χ1v) is 9.68. The smallest absolute Gasteiger partial charge is 0.223 e. The highest BCUT2D eigenvalue weighted by atomic mass is 19.1. The molecule has 0 aliphatic carbocycles. The third kappa shape index (κ3) is 3.48. The third-order valence-corrected chi connectivity index (χ3v) is 5.22. The number of anilines is 1. The summed E-state index contributed by atoms with van der Waals surface area (Å²) in [6.07, 6.45) is 1.76. The van der Waals surface area contributed by atoms with Crippen LogP contribution < -0.4 is 10.1 Å². The van der Waals surface area contributed by atoms with Crippen molar-refractivity contribution in [2.75, 3.05) is 11.9 Å². The Morgan fingerprint density at radius 1 is 1.13 bits per heavy atom. The minimum atomic E-state index is -0.610. The average molecular weight is 420 g/mol. The molecule has 9 heteroatoms. The lowest BCUT2D eigenvalue weighted by molar-refractivity contribution is 0.280. The molecule has 3 heterocycles. The molecule has 156 valence electrons. The molecule has 1 aliphatic heterocycles. The van der Waals surface area contributed by atoms with Crippen molar-refractivity contribution in [3.8, 4) is 28.4 Å². The number of pyridine rings is 1. The lowest BCUT2D eigenvalue weighted by Gasteiger charge is -2.28. The van der Waals surface area contributed by atoms with Gasteiger partial charge in [0.1, 0.15) is 29.7 Å². The van der Waals surface area contributed by atoms with E-state index < -0.39 is 17.7 Å². The number of rotatable bonds is 3. The number of ether oxygens (including phenoxy) is 1. The predicted molar refractivity (Wildman–Crippen MR) is 110 cm³/mol. The van der Waals surface area contributed by atoms with Crippen molar-refractivity contribution in [3.05, 3.63) is 71.4 Å². The zero-order chi connectivity index (χ0) is 21.5. The van der Waals surface area contributed by atoms with Crippen molar-refractivity contribution < 1.29 is 13.5 Å². The zero-order valence-electron chi connectivity index (χ0n) is 16.8. The number of aryl methyl sites for hydroxylation is 2.